The van der Waals surface area contributed by atoms with Gasteiger partial charge < -0.3 is 20.8 Å². The van der Waals surface area contributed by atoms with Gasteiger partial charge in [0.15, 0.2) is 12.4 Å². The van der Waals surface area contributed by atoms with Crippen molar-refractivity contribution < 1.29 is 23.9 Å². The van der Waals surface area contributed by atoms with Crippen LogP contribution in [-0.2, 0) is 9.53 Å². The molecular formula is C14H13N3O5S. The summed E-state index contributed by atoms with van der Waals surface area (Å²) in [7, 11) is 0. The Hall–Kier alpha value is -2.94. The van der Waals surface area contributed by atoms with Gasteiger partial charge in [-0.25, -0.2) is 4.79 Å². The van der Waals surface area contributed by atoms with Crippen LogP contribution < -0.4 is 11.1 Å². The van der Waals surface area contributed by atoms with Gasteiger partial charge in [-0.05, 0) is 24.4 Å². The number of nitrogens with two attached hydrogens (primary N) is 1. The zero-order chi connectivity index (χ0) is 17.0. The van der Waals surface area contributed by atoms with E-state index in [1.54, 1.807) is 5.38 Å². The highest BCUT2D eigenvalue weighted by Crippen LogP contribution is 2.22. The summed E-state index contributed by atoms with van der Waals surface area (Å²) in [6.45, 7) is 0.826. The molecule has 0 aromatic carbocycles. The van der Waals surface area contributed by atoms with E-state index in [0.29, 0.717) is 5.56 Å². The Morgan fingerprint density at radius 1 is 1.35 bits per heavy atom. The first-order valence-corrected chi connectivity index (χ1v) is 7.30. The number of hydrogen-bond acceptors (Lipinski definition) is 6. The predicted octanol–water partition coefficient (Wildman–Crippen LogP) is 1.17. The van der Waals surface area contributed by atoms with Gasteiger partial charge in [0.05, 0.1) is 5.56 Å². The van der Waals surface area contributed by atoms with Crippen molar-refractivity contribution in [1.29, 1.82) is 0 Å². The summed E-state index contributed by atoms with van der Waals surface area (Å²) in [4.78, 5) is 48.3. The number of anilines is 1. The molecule has 23 heavy (non-hydrogen) atoms. The number of carbonyl (C=O) groups is 4. The number of rotatable bonds is 6. The number of ketones is 1. The van der Waals surface area contributed by atoms with Crippen molar-refractivity contribution in [2.45, 2.75) is 6.92 Å². The van der Waals surface area contributed by atoms with Crippen LogP contribution in [0.5, 0.6) is 0 Å². The van der Waals surface area contributed by atoms with Gasteiger partial charge in [-0.3, -0.25) is 14.4 Å². The number of nitrogens with one attached hydrogen (secondary N) is 2. The lowest BCUT2D eigenvalue weighted by Crippen LogP contribution is -2.22. The smallest absolute Gasteiger partial charge is 0.355 e. The molecule has 0 radical (unpaired) electrons. The Bertz CT molecular complexity index is 777. The number of amides is 2. The van der Waals surface area contributed by atoms with Crippen LogP contribution in [0.2, 0.25) is 0 Å². The molecule has 0 bridgehead atoms. The van der Waals surface area contributed by atoms with Crippen molar-refractivity contribution >= 4 is 39.9 Å². The lowest BCUT2D eigenvalue weighted by molar-refractivity contribution is -0.119. The lowest BCUT2D eigenvalue weighted by atomic mass is 10.2. The molecule has 0 unspecified atom stereocenters. The van der Waals surface area contributed by atoms with E-state index in [1.807, 2.05) is 0 Å². The summed E-state index contributed by atoms with van der Waals surface area (Å²) < 4.78 is 4.83. The van der Waals surface area contributed by atoms with Crippen molar-refractivity contribution in [2.24, 2.45) is 5.73 Å². The van der Waals surface area contributed by atoms with Crippen molar-refractivity contribution in [3.63, 3.8) is 0 Å². The Kier molecular flexibility index (Phi) is 4.91. The number of thiophene rings is 1. The molecule has 0 saturated carbocycles. The van der Waals surface area contributed by atoms with Gasteiger partial charge in [0.1, 0.15) is 10.7 Å². The Labute approximate surface area is 134 Å². The van der Waals surface area contributed by atoms with Gasteiger partial charge in [0.25, 0.3) is 11.8 Å². The maximum Gasteiger partial charge on any atom is 0.355 e. The van der Waals surface area contributed by atoms with Crippen LogP contribution in [0.1, 0.15) is 38.1 Å². The summed E-state index contributed by atoms with van der Waals surface area (Å²) in [6.07, 6.45) is 1.38. The number of Topliss-reactive ketones (excluding diaryl/α,β-unsaturated/α-hetero) is 1. The zero-order valence-corrected chi connectivity index (χ0v) is 12.9. The molecular weight excluding hydrogens is 322 g/mol. The average molecular weight is 335 g/mol. The summed E-state index contributed by atoms with van der Waals surface area (Å²) >= 11 is 1.13. The first kappa shape index (κ1) is 16.4. The van der Waals surface area contributed by atoms with E-state index in [-0.39, 0.29) is 22.0 Å². The van der Waals surface area contributed by atoms with Crippen molar-refractivity contribution in [3.05, 3.63) is 40.5 Å². The van der Waals surface area contributed by atoms with E-state index >= 15 is 0 Å². The van der Waals surface area contributed by atoms with Crippen LogP contribution in [0.15, 0.2) is 23.7 Å². The van der Waals surface area contributed by atoms with Crippen LogP contribution in [0.4, 0.5) is 5.00 Å². The molecule has 9 heteroatoms. The van der Waals surface area contributed by atoms with E-state index < -0.39 is 24.4 Å². The lowest BCUT2D eigenvalue weighted by Gasteiger charge is -2.05. The Morgan fingerprint density at radius 3 is 2.70 bits per heavy atom. The SMILES string of the molecule is CC(=O)c1c[nH]c(C(=O)OCC(=O)Nc2sccc2C(N)=O)c1. The van der Waals surface area contributed by atoms with E-state index in [2.05, 4.69) is 10.3 Å². The fourth-order valence-electron chi connectivity index (χ4n) is 1.69. The summed E-state index contributed by atoms with van der Waals surface area (Å²) in [5.74, 6) is -2.24. The number of H-pyrrole nitrogens is 1. The topological polar surface area (TPSA) is 131 Å². The molecule has 2 amide bonds. The maximum absolute atomic E-state index is 11.7. The minimum absolute atomic E-state index is 0.0666. The third-order valence-electron chi connectivity index (χ3n) is 2.83. The summed E-state index contributed by atoms with van der Waals surface area (Å²) in [5.41, 5.74) is 5.75. The van der Waals surface area contributed by atoms with Crippen LogP contribution in [0.3, 0.4) is 0 Å². The third-order valence-corrected chi connectivity index (χ3v) is 3.66. The number of hydrogen-bond donors (Lipinski definition) is 3. The number of aromatic amines is 1. The van der Waals surface area contributed by atoms with Gasteiger partial charge >= 0.3 is 5.97 Å². The largest absolute Gasteiger partial charge is 0.451 e. The molecule has 8 nitrogen and oxygen atoms in total. The molecule has 0 saturated heterocycles. The van der Waals surface area contributed by atoms with Crippen LogP contribution in [0.25, 0.3) is 0 Å². The first-order valence-electron chi connectivity index (χ1n) is 6.42. The van der Waals surface area contributed by atoms with Gasteiger partial charge in [-0.15, -0.1) is 11.3 Å². The van der Waals surface area contributed by atoms with Crippen LogP contribution in [-0.4, -0.2) is 35.2 Å². The molecule has 0 aliphatic heterocycles. The Morgan fingerprint density at radius 2 is 2.09 bits per heavy atom. The summed E-state index contributed by atoms with van der Waals surface area (Å²) in [6, 6.07) is 2.82. The fraction of sp³-hybridized carbons (Fsp3) is 0.143. The number of esters is 1. The monoisotopic (exact) mass is 335 g/mol. The number of primary amides is 1. The van der Waals surface area contributed by atoms with Crippen molar-refractivity contribution in [1.82, 2.24) is 4.98 Å². The van der Waals surface area contributed by atoms with Gasteiger partial charge in [-0.2, -0.15) is 0 Å². The molecule has 2 aromatic heterocycles. The average Bonchev–Trinajstić information content (AvgIpc) is 3.13. The minimum Gasteiger partial charge on any atom is -0.451 e. The third kappa shape index (κ3) is 4.04. The predicted molar refractivity (Wildman–Crippen MR) is 82.5 cm³/mol. The molecule has 4 N–H and O–H groups in total. The number of aromatic nitrogens is 1. The quantitative estimate of drug-likeness (QED) is 0.538. The highest BCUT2D eigenvalue weighted by molar-refractivity contribution is 7.14. The molecule has 2 aromatic rings. The second kappa shape index (κ2) is 6.88. The minimum atomic E-state index is -0.769. The van der Waals surface area contributed by atoms with Gasteiger partial charge in [-0.1, -0.05) is 0 Å². The fourth-order valence-corrected chi connectivity index (χ4v) is 2.50. The van der Waals surface area contributed by atoms with E-state index in [9.17, 15) is 19.2 Å². The van der Waals surface area contributed by atoms with E-state index in [1.165, 1.54) is 25.3 Å². The van der Waals surface area contributed by atoms with Crippen molar-refractivity contribution in [3.8, 4) is 0 Å². The summed E-state index contributed by atoms with van der Waals surface area (Å²) in [5, 5.41) is 4.33. The first-order chi connectivity index (χ1) is 10.9. The highest BCUT2D eigenvalue weighted by Gasteiger charge is 2.16. The molecule has 2 heterocycles. The Balaban J connectivity index is 1.90. The molecule has 0 aliphatic rings. The van der Waals surface area contributed by atoms with Crippen LogP contribution >= 0.6 is 11.3 Å². The molecule has 2 rings (SSSR count). The molecule has 0 fully saturated rings. The molecule has 0 aliphatic carbocycles. The second-order valence-electron chi connectivity index (χ2n) is 4.51. The molecule has 0 spiro atoms. The standard InChI is InChI=1S/C14H13N3O5S/c1-7(18)8-4-10(16-5-8)14(21)22-6-11(19)17-13-9(12(15)20)2-3-23-13/h2-5,16H,6H2,1H3,(H2,15,20)(H,17,19). The highest BCUT2D eigenvalue weighted by atomic mass is 32.1. The molecule has 0 atom stereocenters. The number of carbonyl (C=O) groups excluding carboxylic acids is 4. The maximum atomic E-state index is 11.7. The van der Waals surface area contributed by atoms with Gasteiger partial charge in [0, 0.05) is 11.8 Å². The zero-order valence-electron chi connectivity index (χ0n) is 12.0. The molecule has 120 valence electrons. The van der Waals surface area contributed by atoms with E-state index in [4.69, 9.17) is 10.5 Å². The second-order valence-corrected chi connectivity index (χ2v) is 5.43. The normalized spacial score (nSPS) is 10.1. The van der Waals surface area contributed by atoms with E-state index in [0.717, 1.165) is 11.3 Å². The van der Waals surface area contributed by atoms with Crippen molar-refractivity contribution in [2.75, 3.05) is 11.9 Å². The van der Waals surface area contributed by atoms with Crippen LogP contribution in [0, 0.1) is 0 Å². The van der Waals surface area contributed by atoms with Gasteiger partial charge in [0.2, 0.25) is 0 Å². The number of ether oxygens (including phenoxy) is 1.